The zero-order chi connectivity index (χ0) is 11.4. The van der Waals surface area contributed by atoms with Crippen LogP contribution in [0.4, 0.5) is 5.69 Å². The summed E-state index contributed by atoms with van der Waals surface area (Å²) in [5.74, 6) is 0. The lowest BCUT2D eigenvalue weighted by Gasteiger charge is -2.22. The smallest absolute Gasteiger partial charge is 0.136 e. The Morgan fingerprint density at radius 1 is 1.44 bits per heavy atom. The Morgan fingerprint density at radius 3 is 3.12 bits per heavy atom. The molecule has 16 heavy (non-hydrogen) atoms. The lowest BCUT2D eigenvalue weighted by Crippen LogP contribution is -2.27. The number of aromatic nitrogens is 1. The molecular weight excluding hydrogens is 222 g/mol. The van der Waals surface area contributed by atoms with Gasteiger partial charge in [-0.15, -0.1) is 0 Å². The summed E-state index contributed by atoms with van der Waals surface area (Å²) < 4.78 is 0. The molecule has 0 aromatic carbocycles. The SMILES string of the molecule is C=Cc1cc(N2CCCNCC2)cnc1Cl. The van der Waals surface area contributed by atoms with Gasteiger partial charge in [0.1, 0.15) is 5.15 Å². The van der Waals surface area contributed by atoms with E-state index in [1.165, 1.54) is 0 Å². The third-order valence-corrected chi connectivity index (χ3v) is 3.09. The molecule has 1 aromatic rings. The van der Waals surface area contributed by atoms with Gasteiger partial charge in [0.25, 0.3) is 0 Å². The van der Waals surface area contributed by atoms with Crippen molar-refractivity contribution in [1.82, 2.24) is 10.3 Å². The van der Waals surface area contributed by atoms with E-state index >= 15 is 0 Å². The van der Waals surface area contributed by atoms with Crippen LogP contribution in [0.3, 0.4) is 0 Å². The lowest BCUT2D eigenvalue weighted by molar-refractivity contribution is 0.724. The summed E-state index contributed by atoms with van der Waals surface area (Å²) >= 11 is 5.95. The van der Waals surface area contributed by atoms with Crippen molar-refractivity contribution in [3.05, 3.63) is 29.6 Å². The molecule has 0 saturated carbocycles. The molecule has 1 fully saturated rings. The van der Waals surface area contributed by atoms with Crippen LogP contribution in [0, 0.1) is 0 Å². The van der Waals surface area contributed by atoms with Crippen molar-refractivity contribution < 1.29 is 0 Å². The highest BCUT2D eigenvalue weighted by atomic mass is 35.5. The van der Waals surface area contributed by atoms with Gasteiger partial charge in [0.05, 0.1) is 11.9 Å². The maximum Gasteiger partial charge on any atom is 0.136 e. The fraction of sp³-hybridized carbons (Fsp3) is 0.417. The van der Waals surface area contributed by atoms with Gasteiger partial charge in [-0.05, 0) is 19.0 Å². The Labute approximate surface area is 101 Å². The Morgan fingerprint density at radius 2 is 2.31 bits per heavy atom. The van der Waals surface area contributed by atoms with E-state index in [4.69, 9.17) is 11.6 Å². The van der Waals surface area contributed by atoms with Crippen molar-refractivity contribution in [1.29, 1.82) is 0 Å². The molecule has 3 nitrogen and oxygen atoms in total. The Kier molecular flexibility index (Phi) is 3.80. The molecule has 0 unspecified atom stereocenters. The number of hydrogen-bond acceptors (Lipinski definition) is 3. The zero-order valence-electron chi connectivity index (χ0n) is 9.25. The summed E-state index contributed by atoms with van der Waals surface area (Å²) in [6, 6.07) is 2.05. The molecule has 1 aliphatic rings. The molecule has 0 atom stereocenters. The summed E-state index contributed by atoms with van der Waals surface area (Å²) in [7, 11) is 0. The third kappa shape index (κ3) is 2.54. The van der Waals surface area contributed by atoms with Gasteiger partial charge >= 0.3 is 0 Å². The summed E-state index contributed by atoms with van der Waals surface area (Å²) in [5.41, 5.74) is 2.03. The van der Waals surface area contributed by atoms with Gasteiger partial charge in [-0.25, -0.2) is 4.98 Å². The second-order valence-electron chi connectivity index (χ2n) is 3.87. The molecule has 0 amide bonds. The van der Waals surface area contributed by atoms with Crippen molar-refractivity contribution in [2.24, 2.45) is 0 Å². The highest BCUT2D eigenvalue weighted by Crippen LogP contribution is 2.21. The molecule has 1 saturated heterocycles. The van der Waals surface area contributed by atoms with E-state index in [9.17, 15) is 0 Å². The predicted molar refractivity (Wildman–Crippen MR) is 69.0 cm³/mol. The van der Waals surface area contributed by atoms with Gasteiger partial charge in [0.2, 0.25) is 0 Å². The minimum absolute atomic E-state index is 0.520. The first-order valence-corrected chi connectivity index (χ1v) is 5.92. The van der Waals surface area contributed by atoms with Crippen molar-refractivity contribution in [3.63, 3.8) is 0 Å². The number of hydrogen-bond donors (Lipinski definition) is 1. The van der Waals surface area contributed by atoms with Crippen LogP contribution in [-0.4, -0.2) is 31.2 Å². The van der Waals surface area contributed by atoms with E-state index in [0.29, 0.717) is 5.15 Å². The van der Waals surface area contributed by atoms with E-state index in [1.807, 2.05) is 12.3 Å². The number of nitrogens with zero attached hydrogens (tertiary/aromatic N) is 2. The Bertz CT molecular complexity index is 371. The van der Waals surface area contributed by atoms with E-state index in [2.05, 4.69) is 21.8 Å². The second kappa shape index (κ2) is 5.32. The first-order chi connectivity index (χ1) is 7.81. The maximum absolute atomic E-state index is 5.95. The van der Waals surface area contributed by atoms with Crippen LogP contribution in [0.1, 0.15) is 12.0 Å². The minimum atomic E-state index is 0.520. The second-order valence-corrected chi connectivity index (χ2v) is 4.23. The summed E-state index contributed by atoms with van der Waals surface area (Å²) in [6.45, 7) is 7.93. The monoisotopic (exact) mass is 237 g/mol. The normalized spacial score (nSPS) is 16.9. The van der Waals surface area contributed by atoms with Gasteiger partial charge in [-0.2, -0.15) is 0 Å². The maximum atomic E-state index is 5.95. The van der Waals surface area contributed by atoms with Crippen molar-refractivity contribution in [2.75, 3.05) is 31.1 Å². The van der Waals surface area contributed by atoms with E-state index in [1.54, 1.807) is 6.08 Å². The van der Waals surface area contributed by atoms with Gasteiger partial charge in [-0.1, -0.05) is 24.3 Å². The number of anilines is 1. The summed E-state index contributed by atoms with van der Waals surface area (Å²) in [4.78, 5) is 6.52. The fourth-order valence-electron chi connectivity index (χ4n) is 1.87. The molecule has 1 N–H and O–H groups in total. The number of pyridine rings is 1. The molecular formula is C12H16ClN3. The fourth-order valence-corrected chi connectivity index (χ4v) is 2.05. The van der Waals surface area contributed by atoms with Crippen LogP contribution in [0.5, 0.6) is 0 Å². The molecule has 0 radical (unpaired) electrons. The third-order valence-electron chi connectivity index (χ3n) is 2.78. The molecule has 0 aliphatic carbocycles. The topological polar surface area (TPSA) is 28.2 Å². The summed E-state index contributed by atoms with van der Waals surface area (Å²) in [5, 5.41) is 3.90. The molecule has 4 heteroatoms. The van der Waals surface area contributed by atoms with Crippen LogP contribution in [-0.2, 0) is 0 Å². The number of rotatable bonds is 2. The Hall–Kier alpha value is -1.06. The van der Waals surface area contributed by atoms with Crippen LogP contribution in [0.15, 0.2) is 18.8 Å². The highest BCUT2D eigenvalue weighted by molar-refractivity contribution is 6.30. The van der Waals surface area contributed by atoms with Crippen LogP contribution < -0.4 is 10.2 Å². The van der Waals surface area contributed by atoms with Crippen LogP contribution >= 0.6 is 11.6 Å². The largest absolute Gasteiger partial charge is 0.369 e. The highest BCUT2D eigenvalue weighted by Gasteiger charge is 2.10. The van der Waals surface area contributed by atoms with Crippen LogP contribution in [0.2, 0.25) is 5.15 Å². The van der Waals surface area contributed by atoms with Gasteiger partial charge in [0.15, 0.2) is 0 Å². The molecule has 1 aromatic heterocycles. The molecule has 0 spiro atoms. The number of nitrogens with one attached hydrogen (secondary N) is 1. The number of halogens is 1. The zero-order valence-corrected chi connectivity index (χ0v) is 10.0. The van der Waals surface area contributed by atoms with E-state index < -0.39 is 0 Å². The van der Waals surface area contributed by atoms with Crippen LogP contribution in [0.25, 0.3) is 6.08 Å². The average molecular weight is 238 g/mol. The van der Waals surface area contributed by atoms with Crippen molar-refractivity contribution >= 4 is 23.4 Å². The summed E-state index contributed by atoms with van der Waals surface area (Å²) in [6.07, 6.45) is 4.74. The standard InChI is InChI=1S/C12H16ClN3/c1-2-10-8-11(9-15-12(10)13)16-6-3-4-14-5-7-16/h2,8-9,14H,1,3-7H2. The minimum Gasteiger partial charge on any atom is -0.369 e. The first-order valence-electron chi connectivity index (χ1n) is 5.55. The lowest BCUT2D eigenvalue weighted by atomic mass is 10.2. The molecule has 2 rings (SSSR count). The van der Waals surface area contributed by atoms with Gasteiger partial charge in [0, 0.05) is 25.2 Å². The van der Waals surface area contributed by atoms with Gasteiger partial charge < -0.3 is 10.2 Å². The van der Waals surface area contributed by atoms with Crippen molar-refractivity contribution in [2.45, 2.75) is 6.42 Å². The average Bonchev–Trinajstić information content (AvgIpc) is 2.58. The molecule has 86 valence electrons. The van der Waals surface area contributed by atoms with E-state index in [-0.39, 0.29) is 0 Å². The van der Waals surface area contributed by atoms with Crippen molar-refractivity contribution in [3.8, 4) is 0 Å². The van der Waals surface area contributed by atoms with E-state index in [0.717, 1.165) is 43.9 Å². The molecule has 2 heterocycles. The first kappa shape index (κ1) is 11.4. The quantitative estimate of drug-likeness (QED) is 0.800. The predicted octanol–water partition coefficient (Wildman–Crippen LogP) is 2.18. The molecule has 1 aliphatic heterocycles. The Balaban J connectivity index is 2.21. The van der Waals surface area contributed by atoms with Gasteiger partial charge in [-0.3, -0.25) is 0 Å². The molecule has 0 bridgehead atoms.